The van der Waals surface area contributed by atoms with Crippen molar-refractivity contribution in [3.8, 4) is 0 Å². The fourth-order valence-corrected chi connectivity index (χ4v) is 1.63. The number of hydrogen-bond acceptors (Lipinski definition) is 5. The number of hydrogen-bond donors (Lipinski definition) is 4. The van der Waals surface area contributed by atoms with Crippen molar-refractivity contribution in [2.75, 3.05) is 17.2 Å². The van der Waals surface area contributed by atoms with E-state index in [2.05, 4.69) is 32.5 Å². The predicted octanol–water partition coefficient (Wildman–Crippen LogP) is 1.70. The molecule has 2 aromatic heterocycles. The first kappa shape index (κ1) is 12.4. The monoisotopic (exact) mass is 246 g/mol. The molecular formula is C12H18N6. The van der Waals surface area contributed by atoms with Gasteiger partial charge in [-0.15, -0.1) is 0 Å². The summed E-state index contributed by atoms with van der Waals surface area (Å²) in [5.74, 6) is 2.43. The van der Waals surface area contributed by atoms with Crippen molar-refractivity contribution in [1.29, 1.82) is 0 Å². The molecule has 0 aliphatic carbocycles. The molecule has 6 nitrogen and oxygen atoms in total. The third-order valence-corrected chi connectivity index (χ3v) is 2.52. The quantitative estimate of drug-likeness (QED) is 0.622. The Hall–Kier alpha value is -2.08. The van der Waals surface area contributed by atoms with E-state index in [0.717, 1.165) is 23.9 Å². The first-order chi connectivity index (χ1) is 8.78. The number of aromatic nitrogens is 3. The molecule has 1 unspecified atom stereocenters. The van der Waals surface area contributed by atoms with Gasteiger partial charge in [0.15, 0.2) is 0 Å². The number of nitrogens with two attached hydrogens (primary N) is 1. The molecule has 0 spiro atoms. The predicted molar refractivity (Wildman–Crippen MR) is 72.9 cm³/mol. The van der Waals surface area contributed by atoms with Crippen molar-refractivity contribution in [3.63, 3.8) is 0 Å². The van der Waals surface area contributed by atoms with Crippen molar-refractivity contribution >= 4 is 17.5 Å². The zero-order chi connectivity index (χ0) is 12.8. The molecule has 0 saturated carbocycles. The lowest BCUT2D eigenvalue weighted by Gasteiger charge is -2.13. The van der Waals surface area contributed by atoms with Crippen LogP contribution in [0.3, 0.4) is 0 Å². The highest BCUT2D eigenvalue weighted by Crippen LogP contribution is 2.14. The van der Waals surface area contributed by atoms with E-state index < -0.39 is 0 Å². The standard InChI is InChI=1S/C12H18N6/c1-9(4-5-13)17-11-7-12(16-8-15-11)18-10-3-2-6-14-10/h2-3,6-9,14H,4-5,13H2,1H3,(H2,15,16,17,18). The van der Waals surface area contributed by atoms with Crippen LogP contribution >= 0.6 is 0 Å². The van der Waals surface area contributed by atoms with Gasteiger partial charge in [-0.1, -0.05) is 0 Å². The third-order valence-electron chi connectivity index (χ3n) is 2.52. The molecule has 2 heterocycles. The molecule has 0 aliphatic rings. The van der Waals surface area contributed by atoms with Crippen molar-refractivity contribution in [1.82, 2.24) is 15.0 Å². The Morgan fingerprint density at radius 3 is 2.94 bits per heavy atom. The number of nitrogens with zero attached hydrogens (tertiary/aromatic N) is 2. The smallest absolute Gasteiger partial charge is 0.136 e. The number of nitrogens with one attached hydrogen (secondary N) is 3. The Balaban J connectivity index is 2.01. The van der Waals surface area contributed by atoms with E-state index >= 15 is 0 Å². The van der Waals surface area contributed by atoms with Crippen LogP contribution in [0.1, 0.15) is 13.3 Å². The average molecular weight is 246 g/mol. The molecule has 0 aromatic carbocycles. The van der Waals surface area contributed by atoms with Gasteiger partial charge >= 0.3 is 0 Å². The van der Waals surface area contributed by atoms with Crippen LogP contribution in [0.15, 0.2) is 30.7 Å². The number of anilines is 3. The lowest BCUT2D eigenvalue weighted by molar-refractivity contribution is 0.713. The Kier molecular flexibility index (Phi) is 4.14. The van der Waals surface area contributed by atoms with E-state index in [1.807, 2.05) is 24.4 Å². The maximum absolute atomic E-state index is 5.51. The highest BCUT2D eigenvalue weighted by atomic mass is 15.1. The van der Waals surface area contributed by atoms with Crippen LogP contribution in [-0.4, -0.2) is 27.5 Å². The summed E-state index contributed by atoms with van der Waals surface area (Å²) in [6.45, 7) is 2.74. The van der Waals surface area contributed by atoms with Crippen LogP contribution in [0.5, 0.6) is 0 Å². The van der Waals surface area contributed by atoms with E-state index in [1.54, 1.807) is 0 Å². The normalized spacial score (nSPS) is 12.1. The van der Waals surface area contributed by atoms with Gasteiger partial charge < -0.3 is 21.4 Å². The lowest BCUT2D eigenvalue weighted by Crippen LogP contribution is -2.20. The molecular weight excluding hydrogens is 228 g/mol. The minimum absolute atomic E-state index is 0.295. The molecule has 0 amide bonds. The highest BCUT2D eigenvalue weighted by molar-refractivity contribution is 5.55. The van der Waals surface area contributed by atoms with Crippen molar-refractivity contribution in [2.24, 2.45) is 5.73 Å². The Morgan fingerprint density at radius 2 is 2.22 bits per heavy atom. The summed E-state index contributed by atoms with van der Waals surface area (Å²) in [5, 5.41) is 6.44. The average Bonchev–Trinajstić information content (AvgIpc) is 2.82. The Bertz CT molecular complexity index is 467. The Labute approximate surface area is 106 Å². The first-order valence-corrected chi connectivity index (χ1v) is 5.97. The molecule has 0 saturated heterocycles. The molecule has 5 N–H and O–H groups in total. The minimum atomic E-state index is 0.295. The second kappa shape index (κ2) is 6.02. The summed E-state index contributed by atoms with van der Waals surface area (Å²) in [6, 6.07) is 6.02. The number of rotatable bonds is 6. The molecule has 1 atom stereocenters. The molecule has 0 bridgehead atoms. The summed E-state index contributed by atoms with van der Waals surface area (Å²) in [6.07, 6.45) is 4.29. The zero-order valence-corrected chi connectivity index (χ0v) is 10.4. The number of H-pyrrole nitrogens is 1. The van der Waals surface area contributed by atoms with E-state index in [9.17, 15) is 0 Å². The summed E-state index contributed by atoms with van der Waals surface area (Å²) in [4.78, 5) is 11.4. The van der Waals surface area contributed by atoms with Crippen LogP contribution in [0, 0.1) is 0 Å². The molecule has 2 rings (SSSR count). The second-order valence-electron chi connectivity index (χ2n) is 4.12. The molecule has 96 valence electrons. The summed E-state index contributed by atoms with van der Waals surface area (Å²) in [5.41, 5.74) is 5.51. The van der Waals surface area contributed by atoms with E-state index in [0.29, 0.717) is 12.6 Å². The van der Waals surface area contributed by atoms with Gasteiger partial charge in [-0.05, 0) is 32.0 Å². The van der Waals surface area contributed by atoms with Gasteiger partial charge in [0, 0.05) is 18.3 Å². The first-order valence-electron chi connectivity index (χ1n) is 5.97. The van der Waals surface area contributed by atoms with E-state index in [4.69, 9.17) is 5.73 Å². The van der Waals surface area contributed by atoms with Gasteiger partial charge in [0.1, 0.15) is 23.8 Å². The van der Waals surface area contributed by atoms with Gasteiger partial charge in [-0.3, -0.25) is 0 Å². The summed E-state index contributed by atoms with van der Waals surface area (Å²) < 4.78 is 0. The molecule has 2 aromatic rings. The van der Waals surface area contributed by atoms with Crippen LogP contribution in [0.25, 0.3) is 0 Å². The maximum Gasteiger partial charge on any atom is 0.136 e. The maximum atomic E-state index is 5.51. The molecule has 0 fully saturated rings. The Morgan fingerprint density at radius 1 is 1.39 bits per heavy atom. The summed E-state index contributed by atoms with van der Waals surface area (Å²) >= 11 is 0. The van der Waals surface area contributed by atoms with E-state index in [-0.39, 0.29) is 0 Å². The van der Waals surface area contributed by atoms with Crippen molar-refractivity contribution in [3.05, 3.63) is 30.7 Å². The molecule has 0 aliphatic heterocycles. The molecule has 0 radical (unpaired) electrons. The topological polar surface area (TPSA) is 91.7 Å². The van der Waals surface area contributed by atoms with Crippen LogP contribution in [0.4, 0.5) is 17.5 Å². The van der Waals surface area contributed by atoms with E-state index in [1.165, 1.54) is 6.33 Å². The molecule has 6 heteroatoms. The SMILES string of the molecule is CC(CCN)Nc1cc(Nc2ccc[nH]2)ncn1. The fourth-order valence-electron chi connectivity index (χ4n) is 1.63. The zero-order valence-electron chi connectivity index (χ0n) is 10.4. The van der Waals surface area contributed by atoms with Crippen molar-refractivity contribution in [2.45, 2.75) is 19.4 Å². The van der Waals surface area contributed by atoms with Crippen LogP contribution < -0.4 is 16.4 Å². The number of aromatic amines is 1. The van der Waals surface area contributed by atoms with Gasteiger partial charge in [0.05, 0.1) is 0 Å². The van der Waals surface area contributed by atoms with Gasteiger partial charge in [0.2, 0.25) is 0 Å². The van der Waals surface area contributed by atoms with Crippen LogP contribution in [-0.2, 0) is 0 Å². The van der Waals surface area contributed by atoms with Gasteiger partial charge in [-0.2, -0.15) is 0 Å². The lowest BCUT2D eigenvalue weighted by atomic mass is 10.2. The van der Waals surface area contributed by atoms with Crippen LogP contribution in [0.2, 0.25) is 0 Å². The largest absolute Gasteiger partial charge is 0.367 e. The molecule has 18 heavy (non-hydrogen) atoms. The van der Waals surface area contributed by atoms with Gasteiger partial charge in [-0.25, -0.2) is 9.97 Å². The van der Waals surface area contributed by atoms with Gasteiger partial charge in [0.25, 0.3) is 0 Å². The highest BCUT2D eigenvalue weighted by Gasteiger charge is 2.03. The second-order valence-corrected chi connectivity index (χ2v) is 4.12. The summed E-state index contributed by atoms with van der Waals surface area (Å²) in [7, 11) is 0. The van der Waals surface area contributed by atoms with Crippen molar-refractivity contribution < 1.29 is 0 Å². The minimum Gasteiger partial charge on any atom is -0.367 e. The fraction of sp³-hybridized carbons (Fsp3) is 0.333. The third kappa shape index (κ3) is 3.46.